The number of carbonyl (C=O) groups is 2. The van der Waals surface area contributed by atoms with E-state index in [2.05, 4.69) is 26.1 Å². The van der Waals surface area contributed by atoms with E-state index in [1.165, 1.54) is 35.8 Å². The zero-order valence-corrected chi connectivity index (χ0v) is 20.1. The molecule has 5 heterocycles. The van der Waals surface area contributed by atoms with E-state index >= 15 is 0 Å². The molecule has 0 aromatic carbocycles. The van der Waals surface area contributed by atoms with Crippen molar-refractivity contribution in [2.75, 3.05) is 32.2 Å². The predicted octanol–water partition coefficient (Wildman–Crippen LogP) is 1.51. The molecule has 2 saturated heterocycles. The van der Waals surface area contributed by atoms with Crippen LogP contribution in [0, 0.1) is 0 Å². The number of aromatic nitrogens is 3. The number of rotatable bonds is 4. The highest BCUT2D eigenvalue weighted by Gasteiger charge is 2.37. The van der Waals surface area contributed by atoms with Crippen LogP contribution in [0.15, 0.2) is 30.4 Å². The molecule has 3 aliphatic rings. The van der Waals surface area contributed by atoms with E-state index in [4.69, 9.17) is 4.98 Å². The summed E-state index contributed by atoms with van der Waals surface area (Å²) in [6.07, 6.45) is 4.21. The molecule has 13 heteroatoms. The van der Waals surface area contributed by atoms with Gasteiger partial charge in [-0.15, -0.1) is 0 Å². The lowest BCUT2D eigenvalue weighted by Crippen LogP contribution is -2.52. The summed E-state index contributed by atoms with van der Waals surface area (Å²) in [6.45, 7) is 4.89. The molecular weight excluding hydrogens is 465 g/mol. The fourth-order valence-electron chi connectivity index (χ4n) is 4.43. The van der Waals surface area contributed by atoms with Gasteiger partial charge in [0, 0.05) is 44.6 Å². The second kappa shape index (κ2) is 11.5. The summed E-state index contributed by atoms with van der Waals surface area (Å²) in [6, 6.07) is 1.43. The van der Waals surface area contributed by atoms with Crippen molar-refractivity contribution < 1.29 is 22.8 Å². The van der Waals surface area contributed by atoms with Crippen LogP contribution in [0.5, 0.6) is 0 Å². The van der Waals surface area contributed by atoms with Crippen molar-refractivity contribution in [1.82, 2.24) is 35.7 Å². The van der Waals surface area contributed by atoms with E-state index in [1.807, 2.05) is 6.07 Å². The van der Waals surface area contributed by atoms with Crippen molar-refractivity contribution in [2.24, 2.45) is 0 Å². The number of fused-ring (bicyclic) bond motifs is 3. The number of amides is 1. The van der Waals surface area contributed by atoms with Gasteiger partial charge in [-0.25, -0.2) is 23.7 Å². The average molecular weight is 497 g/mol. The fourth-order valence-corrected chi connectivity index (χ4v) is 4.43. The number of Topliss-reactive ketones (excluding diaryl/α,β-unsaturated/α-hetero) is 1. The first-order chi connectivity index (χ1) is 16.7. The first kappa shape index (κ1) is 26.4. The normalized spacial score (nSPS) is 22.9. The number of carbonyl (C=O) groups excluding carboxylic acids is 2. The number of alkyl halides is 3. The van der Waals surface area contributed by atoms with Crippen molar-refractivity contribution in [1.29, 1.82) is 0 Å². The summed E-state index contributed by atoms with van der Waals surface area (Å²) in [5, 5.41) is 11.6. The summed E-state index contributed by atoms with van der Waals surface area (Å²) in [7, 11) is 2.10. The Morgan fingerprint density at radius 3 is 2.40 bits per heavy atom. The average Bonchev–Trinajstić information content (AvgIpc) is 3.47. The summed E-state index contributed by atoms with van der Waals surface area (Å²) in [5.74, 6) is 0.468. The van der Waals surface area contributed by atoms with Crippen LogP contribution < -0.4 is 21.0 Å². The third-order valence-electron chi connectivity index (χ3n) is 5.76. The molecule has 3 aliphatic heterocycles. The Morgan fingerprint density at radius 1 is 1.17 bits per heavy atom. The van der Waals surface area contributed by atoms with Gasteiger partial charge in [0.2, 0.25) is 0 Å². The van der Waals surface area contributed by atoms with Gasteiger partial charge in [0.15, 0.2) is 5.65 Å². The number of ketones is 1. The van der Waals surface area contributed by atoms with Gasteiger partial charge in [-0.2, -0.15) is 5.10 Å². The SMILES string of the molecule is CC(C)=O.CF.CN1C=C(NC(=O)c2cnn3ccc(N4C5CCC4CNC5)nc23)C(C(F)F)N1. The number of hydrogen-bond donors (Lipinski definition) is 3. The highest BCUT2D eigenvalue weighted by Crippen LogP contribution is 2.31. The Balaban J connectivity index is 0.000000521. The highest BCUT2D eigenvalue weighted by molar-refractivity contribution is 6.00. The van der Waals surface area contributed by atoms with Crippen molar-refractivity contribution in [3.63, 3.8) is 0 Å². The molecule has 0 saturated carbocycles. The molecule has 3 atom stereocenters. The number of nitrogens with zero attached hydrogens (tertiary/aromatic N) is 5. The molecule has 2 aromatic heterocycles. The van der Waals surface area contributed by atoms with Gasteiger partial charge in [-0.3, -0.25) is 9.18 Å². The van der Waals surface area contributed by atoms with E-state index in [-0.39, 0.29) is 17.0 Å². The predicted molar refractivity (Wildman–Crippen MR) is 125 cm³/mol. The molecule has 3 N–H and O–H groups in total. The molecule has 0 aliphatic carbocycles. The van der Waals surface area contributed by atoms with E-state index in [9.17, 15) is 22.8 Å². The molecule has 3 unspecified atom stereocenters. The summed E-state index contributed by atoms with van der Waals surface area (Å²) in [5.41, 5.74) is 3.36. The van der Waals surface area contributed by atoms with Crippen LogP contribution in [0.25, 0.3) is 5.65 Å². The standard InChI is InChI=1S/C18H22F2N8O.C3H6O.CH3F/c1-26-9-13(15(25-26)16(19)20)23-18(29)12-8-22-27-5-4-14(24-17(12)27)28-10-2-3-11(28)7-21-6-10;1-3(2)4;1-2/h4-5,8-11,15-16,21,25H,2-3,6-7H2,1H3,(H,23,29);1-2H3;1H3. The Kier molecular flexibility index (Phi) is 8.67. The van der Waals surface area contributed by atoms with Crippen LogP contribution in [0.1, 0.15) is 37.0 Å². The van der Waals surface area contributed by atoms with E-state index in [0.717, 1.165) is 31.7 Å². The van der Waals surface area contributed by atoms with Crippen molar-refractivity contribution in [2.45, 2.75) is 51.2 Å². The Morgan fingerprint density at radius 2 is 1.80 bits per heavy atom. The molecular formula is C22H31F3N8O2. The lowest BCUT2D eigenvalue weighted by Gasteiger charge is -2.36. The maximum absolute atomic E-state index is 13.2. The van der Waals surface area contributed by atoms with Crippen molar-refractivity contribution in [3.05, 3.63) is 35.9 Å². The highest BCUT2D eigenvalue weighted by atomic mass is 19.3. The number of nitrogens with one attached hydrogen (secondary N) is 3. The van der Waals surface area contributed by atoms with E-state index < -0.39 is 18.4 Å². The number of anilines is 1. The second-order valence-corrected chi connectivity index (χ2v) is 8.56. The van der Waals surface area contributed by atoms with Gasteiger partial charge in [-0.05, 0) is 32.8 Å². The van der Waals surface area contributed by atoms with Crippen LogP contribution in [0.4, 0.5) is 19.0 Å². The van der Waals surface area contributed by atoms with Gasteiger partial charge >= 0.3 is 0 Å². The minimum absolute atomic E-state index is 0.114. The zero-order valence-electron chi connectivity index (χ0n) is 20.1. The third-order valence-corrected chi connectivity index (χ3v) is 5.76. The molecule has 1 amide bonds. The summed E-state index contributed by atoms with van der Waals surface area (Å²) < 4.78 is 37.5. The first-order valence-corrected chi connectivity index (χ1v) is 11.2. The van der Waals surface area contributed by atoms with Gasteiger partial charge in [0.05, 0.1) is 19.1 Å². The molecule has 5 rings (SSSR count). The van der Waals surface area contributed by atoms with Gasteiger partial charge in [-0.1, -0.05) is 0 Å². The summed E-state index contributed by atoms with van der Waals surface area (Å²) >= 11 is 0. The fraction of sp³-hybridized carbons (Fsp3) is 0.545. The first-order valence-electron chi connectivity index (χ1n) is 11.2. The van der Waals surface area contributed by atoms with Crippen LogP contribution >= 0.6 is 0 Å². The second-order valence-electron chi connectivity index (χ2n) is 8.56. The Labute approximate surface area is 201 Å². The topological polar surface area (TPSA) is 107 Å². The Hall–Kier alpha value is -3.19. The lowest BCUT2D eigenvalue weighted by molar-refractivity contribution is -0.115. The number of hydrogen-bond acceptors (Lipinski definition) is 8. The van der Waals surface area contributed by atoms with Crippen LogP contribution in [-0.2, 0) is 4.79 Å². The number of piperazine rings is 1. The van der Waals surface area contributed by atoms with Crippen LogP contribution in [0.3, 0.4) is 0 Å². The number of halogens is 3. The number of hydrazine groups is 1. The molecule has 2 bridgehead atoms. The van der Waals surface area contributed by atoms with Gasteiger partial charge < -0.3 is 25.3 Å². The van der Waals surface area contributed by atoms with Gasteiger partial charge in [0.25, 0.3) is 12.3 Å². The van der Waals surface area contributed by atoms with E-state index in [0.29, 0.717) is 24.9 Å². The molecule has 0 spiro atoms. The van der Waals surface area contributed by atoms with Crippen molar-refractivity contribution >= 4 is 23.2 Å². The van der Waals surface area contributed by atoms with E-state index in [1.54, 1.807) is 13.2 Å². The van der Waals surface area contributed by atoms with Crippen LogP contribution in [-0.4, -0.2) is 83.2 Å². The monoisotopic (exact) mass is 496 g/mol. The maximum atomic E-state index is 13.2. The molecule has 0 radical (unpaired) electrons. The third kappa shape index (κ3) is 5.90. The minimum Gasteiger partial charge on any atom is -0.348 e. The Bertz CT molecular complexity index is 1060. The lowest BCUT2D eigenvalue weighted by atomic mass is 10.2. The molecule has 35 heavy (non-hydrogen) atoms. The quantitative estimate of drug-likeness (QED) is 0.585. The molecule has 2 fully saturated rings. The molecule has 10 nitrogen and oxygen atoms in total. The minimum atomic E-state index is -2.65. The molecule has 192 valence electrons. The van der Waals surface area contributed by atoms with Gasteiger partial charge in [0.1, 0.15) is 23.2 Å². The largest absolute Gasteiger partial charge is 0.348 e. The van der Waals surface area contributed by atoms with Crippen LogP contribution in [0.2, 0.25) is 0 Å². The maximum Gasteiger partial charge on any atom is 0.261 e. The smallest absolute Gasteiger partial charge is 0.261 e. The molecule has 2 aromatic rings. The van der Waals surface area contributed by atoms with Crippen molar-refractivity contribution in [3.8, 4) is 0 Å². The zero-order chi connectivity index (χ0) is 25.7. The summed E-state index contributed by atoms with van der Waals surface area (Å²) in [4.78, 5) is 29.3.